The van der Waals surface area contributed by atoms with Gasteiger partial charge in [0.2, 0.25) is 11.8 Å². The van der Waals surface area contributed by atoms with Crippen molar-refractivity contribution in [2.75, 3.05) is 11.9 Å². The molecule has 3 heterocycles. The number of likely N-dealkylation sites (tertiary alicyclic amines) is 1. The molecular formula is C22H24N4O3S. The van der Waals surface area contributed by atoms with Crippen molar-refractivity contribution in [2.45, 2.75) is 46.1 Å². The van der Waals surface area contributed by atoms with Crippen LogP contribution in [0.5, 0.6) is 0 Å². The number of benzene rings is 1. The minimum absolute atomic E-state index is 0.148. The molecule has 7 nitrogen and oxygen atoms in total. The number of anilines is 1. The van der Waals surface area contributed by atoms with Gasteiger partial charge in [-0.2, -0.15) is 0 Å². The topological polar surface area (TPSA) is 95.2 Å². The molecule has 30 heavy (non-hydrogen) atoms. The van der Waals surface area contributed by atoms with Crippen molar-refractivity contribution >= 4 is 39.1 Å². The van der Waals surface area contributed by atoms with E-state index in [2.05, 4.69) is 15.3 Å². The number of carbonyl (C=O) groups excluding carboxylic acids is 2. The summed E-state index contributed by atoms with van der Waals surface area (Å²) in [6, 6.07) is 7.56. The number of aromatic amines is 1. The lowest BCUT2D eigenvalue weighted by Gasteiger charge is -2.16. The Balaban J connectivity index is 1.38. The third kappa shape index (κ3) is 4.28. The largest absolute Gasteiger partial charge is 0.338 e. The lowest BCUT2D eigenvalue weighted by Crippen LogP contribution is -2.23. The molecule has 3 aromatic rings. The van der Waals surface area contributed by atoms with Crippen LogP contribution in [0.2, 0.25) is 0 Å². The molecule has 1 saturated heterocycles. The molecule has 1 aliphatic rings. The fraction of sp³-hybridized carbons (Fsp3) is 0.364. The van der Waals surface area contributed by atoms with E-state index in [4.69, 9.17) is 0 Å². The van der Waals surface area contributed by atoms with Gasteiger partial charge in [0.25, 0.3) is 5.56 Å². The SMILES string of the molecule is Cc1sc2nc(CCC(=O)Nc3cccc(CN4CCCC4=O)c3)[nH]c(=O)c2c1C. The van der Waals surface area contributed by atoms with E-state index in [1.165, 1.54) is 11.3 Å². The minimum Gasteiger partial charge on any atom is -0.338 e. The number of hydrogen-bond donors (Lipinski definition) is 2. The van der Waals surface area contributed by atoms with Crippen LogP contribution in [-0.2, 0) is 22.6 Å². The predicted octanol–water partition coefficient (Wildman–Crippen LogP) is 3.30. The Morgan fingerprint density at radius 2 is 2.13 bits per heavy atom. The fourth-order valence-corrected chi connectivity index (χ4v) is 4.76. The molecule has 2 aromatic heterocycles. The Bertz CT molecular complexity index is 1180. The normalized spacial score (nSPS) is 13.9. The summed E-state index contributed by atoms with van der Waals surface area (Å²) in [7, 11) is 0. The number of aromatic nitrogens is 2. The molecule has 0 unspecified atom stereocenters. The van der Waals surface area contributed by atoms with Crippen molar-refractivity contribution in [3.8, 4) is 0 Å². The summed E-state index contributed by atoms with van der Waals surface area (Å²) >= 11 is 1.50. The number of amides is 2. The van der Waals surface area contributed by atoms with E-state index in [0.717, 1.165) is 29.0 Å². The second-order valence-corrected chi connectivity index (χ2v) is 8.85. The Labute approximate surface area is 178 Å². The number of H-pyrrole nitrogens is 1. The molecule has 0 saturated carbocycles. The second-order valence-electron chi connectivity index (χ2n) is 7.64. The maximum atomic E-state index is 12.4. The van der Waals surface area contributed by atoms with E-state index in [-0.39, 0.29) is 23.8 Å². The molecule has 156 valence electrons. The number of thiophene rings is 1. The van der Waals surface area contributed by atoms with Gasteiger partial charge in [-0.25, -0.2) is 4.98 Å². The maximum Gasteiger partial charge on any atom is 0.259 e. The lowest BCUT2D eigenvalue weighted by molar-refractivity contribution is -0.128. The first-order valence-corrected chi connectivity index (χ1v) is 10.9. The van der Waals surface area contributed by atoms with Crippen molar-refractivity contribution in [3.05, 3.63) is 56.4 Å². The Morgan fingerprint density at radius 1 is 1.30 bits per heavy atom. The number of nitrogens with one attached hydrogen (secondary N) is 2. The molecule has 4 rings (SSSR count). The average molecular weight is 425 g/mol. The number of rotatable bonds is 6. The molecule has 1 aromatic carbocycles. The van der Waals surface area contributed by atoms with Gasteiger partial charge >= 0.3 is 0 Å². The van der Waals surface area contributed by atoms with E-state index >= 15 is 0 Å². The summed E-state index contributed by atoms with van der Waals surface area (Å²) in [4.78, 5) is 47.5. The number of aryl methyl sites for hydroxylation is 3. The summed E-state index contributed by atoms with van der Waals surface area (Å²) in [6.07, 6.45) is 2.09. The van der Waals surface area contributed by atoms with Crippen molar-refractivity contribution < 1.29 is 9.59 Å². The average Bonchev–Trinajstić information content (AvgIpc) is 3.23. The summed E-state index contributed by atoms with van der Waals surface area (Å²) in [5.74, 6) is 0.551. The monoisotopic (exact) mass is 424 g/mol. The number of carbonyl (C=O) groups is 2. The van der Waals surface area contributed by atoms with E-state index < -0.39 is 0 Å². The van der Waals surface area contributed by atoms with Crippen LogP contribution in [0.4, 0.5) is 5.69 Å². The summed E-state index contributed by atoms with van der Waals surface area (Å²) in [6.45, 7) is 5.25. The van der Waals surface area contributed by atoms with Gasteiger partial charge in [0, 0.05) is 42.9 Å². The van der Waals surface area contributed by atoms with Gasteiger partial charge in [-0.05, 0) is 43.5 Å². The molecule has 0 spiro atoms. The lowest BCUT2D eigenvalue weighted by atomic mass is 10.2. The van der Waals surface area contributed by atoms with Gasteiger partial charge in [0.15, 0.2) is 0 Å². The molecule has 8 heteroatoms. The van der Waals surface area contributed by atoms with Gasteiger partial charge in [0.05, 0.1) is 5.39 Å². The number of nitrogens with zero attached hydrogens (tertiary/aromatic N) is 2. The van der Waals surface area contributed by atoms with Crippen LogP contribution < -0.4 is 10.9 Å². The first-order chi connectivity index (χ1) is 14.4. The highest BCUT2D eigenvalue weighted by molar-refractivity contribution is 7.18. The van der Waals surface area contributed by atoms with Crippen molar-refractivity contribution in [2.24, 2.45) is 0 Å². The molecule has 1 aliphatic heterocycles. The first kappa shape index (κ1) is 20.3. The van der Waals surface area contributed by atoms with Crippen LogP contribution in [0.15, 0.2) is 29.1 Å². The van der Waals surface area contributed by atoms with Crippen molar-refractivity contribution in [3.63, 3.8) is 0 Å². The van der Waals surface area contributed by atoms with Crippen LogP contribution in [0.1, 0.15) is 41.1 Å². The Hall–Kier alpha value is -3.00. The highest BCUT2D eigenvalue weighted by atomic mass is 32.1. The molecule has 1 fully saturated rings. The molecule has 0 radical (unpaired) electrons. The zero-order valence-electron chi connectivity index (χ0n) is 17.1. The van der Waals surface area contributed by atoms with E-state index in [0.29, 0.717) is 41.1 Å². The first-order valence-electron chi connectivity index (χ1n) is 10.1. The van der Waals surface area contributed by atoms with Gasteiger partial charge in [-0.3, -0.25) is 14.4 Å². The zero-order valence-corrected chi connectivity index (χ0v) is 17.9. The summed E-state index contributed by atoms with van der Waals surface area (Å²) < 4.78 is 0. The summed E-state index contributed by atoms with van der Waals surface area (Å²) in [5.41, 5.74) is 2.50. The molecule has 2 amide bonds. The van der Waals surface area contributed by atoms with E-state index in [9.17, 15) is 14.4 Å². The summed E-state index contributed by atoms with van der Waals surface area (Å²) in [5, 5.41) is 3.53. The highest BCUT2D eigenvalue weighted by Crippen LogP contribution is 2.25. The quantitative estimate of drug-likeness (QED) is 0.635. The smallest absolute Gasteiger partial charge is 0.259 e. The minimum atomic E-state index is -0.151. The highest BCUT2D eigenvalue weighted by Gasteiger charge is 2.20. The molecule has 0 atom stereocenters. The molecule has 2 N–H and O–H groups in total. The van der Waals surface area contributed by atoms with Gasteiger partial charge in [0.1, 0.15) is 10.7 Å². The second kappa shape index (κ2) is 8.39. The van der Waals surface area contributed by atoms with Gasteiger partial charge < -0.3 is 15.2 Å². The molecule has 0 aliphatic carbocycles. The predicted molar refractivity (Wildman–Crippen MR) is 118 cm³/mol. The Kier molecular flexibility index (Phi) is 5.67. The number of fused-ring (bicyclic) bond motifs is 1. The van der Waals surface area contributed by atoms with Gasteiger partial charge in [-0.1, -0.05) is 12.1 Å². The zero-order chi connectivity index (χ0) is 21.3. The molecule has 0 bridgehead atoms. The van der Waals surface area contributed by atoms with Crippen LogP contribution in [0, 0.1) is 13.8 Å². The van der Waals surface area contributed by atoms with E-state index in [1.807, 2.05) is 43.0 Å². The van der Waals surface area contributed by atoms with Crippen LogP contribution in [-0.4, -0.2) is 33.2 Å². The number of hydrogen-bond acceptors (Lipinski definition) is 5. The Morgan fingerprint density at radius 3 is 2.90 bits per heavy atom. The third-order valence-electron chi connectivity index (χ3n) is 5.43. The van der Waals surface area contributed by atoms with Crippen LogP contribution in [0.25, 0.3) is 10.2 Å². The van der Waals surface area contributed by atoms with E-state index in [1.54, 1.807) is 0 Å². The maximum absolute atomic E-state index is 12.4. The van der Waals surface area contributed by atoms with Gasteiger partial charge in [-0.15, -0.1) is 11.3 Å². The fourth-order valence-electron chi connectivity index (χ4n) is 3.71. The van der Waals surface area contributed by atoms with Crippen LogP contribution >= 0.6 is 11.3 Å². The third-order valence-corrected chi connectivity index (χ3v) is 6.53. The van der Waals surface area contributed by atoms with Crippen LogP contribution in [0.3, 0.4) is 0 Å². The van der Waals surface area contributed by atoms with Crippen molar-refractivity contribution in [1.82, 2.24) is 14.9 Å². The molecular weight excluding hydrogens is 400 g/mol. The standard InChI is InChI=1S/C22H24N4O3S/c1-13-14(2)30-22-20(13)21(29)24-17(25-22)8-9-18(27)23-16-6-3-5-15(11-16)12-26-10-4-7-19(26)28/h3,5-6,11H,4,7-10,12H2,1-2H3,(H,23,27)(H,24,25,29). The van der Waals surface area contributed by atoms with Crippen molar-refractivity contribution in [1.29, 1.82) is 0 Å².